The number of hydrogen-bond acceptors (Lipinski definition) is 5. The van der Waals surface area contributed by atoms with E-state index in [1.54, 1.807) is 0 Å². The molecule has 0 aliphatic carbocycles. The highest BCUT2D eigenvalue weighted by Crippen LogP contribution is 2.34. The van der Waals surface area contributed by atoms with E-state index < -0.39 is 16.0 Å². The van der Waals surface area contributed by atoms with Crippen molar-refractivity contribution in [3.05, 3.63) is 13.6 Å². The van der Waals surface area contributed by atoms with Gasteiger partial charge >= 0.3 is 5.97 Å². The minimum Gasteiger partial charge on any atom is -0.469 e. The number of methoxy groups -OCH3 is 1. The van der Waals surface area contributed by atoms with Crippen molar-refractivity contribution in [1.29, 1.82) is 0 Å². The second-order valence-electron chi connectivity index (χ2n) is 2.91. The van der Waals surface area contributed by atoms with Crippen molar-refractivity contribution < 1.29 is 17.9 Å². The Hall–Kier alpha value is 0.0400. The van der Waals surface area contributed by atoms with Gasteiger partial charge in [-0.15, -0.1) is 11.3 Å². The molecule has 0 saturated carbocycles. The van der Waals surface area contributed by atoms with Gasteiger partial charge in [-0.05, 0) is 37.9 Å². The van der Waals surface area contributed by atoms with E-state index in [4.69, 9.17) is 0 Å². The van der Waals surface area contributed by atoms with Crippen LogP contribution in [0.3, 0.4) is 0 Å². The predicted molar refractivity (Wildman–Crippen MR) is 71.5 cm³/mol. The maximum Gasteiger partial charge on any atom is 0.306 e. The van der Waals surface area contributed by atoms with Gasteiger partial charge in [0.05, 0.1) is 21.1 Å². The number of ether oxygens (including phenoxy) is 1. The van der Waals surface area contributed by atoms with Gasteiger partial charge in [-0.25, -0.2) is 13.1 Å². The molecular formula is C8H9Br2NO4S2. The summed E-state index contributed by atoms with van der Waals surface area (Å²) in [4.78, 5) is 11.0. The number of hydrogen-bond donors (Lipinski definition) is 1. The molecule has 0 aliphatic rings. The number of nitrogens with one attached hydrogen (secondary N) is 1. The number of thiophene rings is 1. The molecule has 96 valence electrons. The average molecular weight is 407 g/mol. The zero-order valence-corrected chi connectivity index (χ0v) is 13.5. The van der Waals surface area contributed by atoms with Gasteiger partial charge in [0.15, 0.2) is 0 Å². The van der Waals surface area contributed by atoms with Crippen LogP contribution in [0.4, 0.5) is 0 Å². The van der Waals surface area contributed by atoms with Crippen LogP contribution in [0.2, 0.25) is 0 Å². The summed E-state index contributed by atoms with van der Waals surface area (Å²) < 4.78 is 31.6. The molecule has 5 nitrogen and oxygen atoms in total. The fourth-order valence-corrected chi connectivity index (χ4v) is 5.82. The number of esters is 1. The van der Waals surface area contributed by atoms with E-state index >= 15 is 0 Å². The summed E-state index contributed by atoms with van der Waals surface area (Å²) in [6.07, 6.45) is -0.00133. The Morgan fingerprint density at radius 3 is 2.65 bits per heavy atom. The van der Waals surface area contributed by atoms with E-state index in [0.29, 0.717) is 7.57 Å². The molecule has 0 spiro atoms. The molecule has 1 aromatic rings. The van der Waals surface area contributed by atoms with Gasteiger partial charge in [-0.1, -0.05) is 0 Å². The number of carbonyl (C=O) groups is 1. The first-order chi connectivity index (χ1) is 7.86. The lowest BCUT2D eigenvalue weighted by Crippen LogP contribution is -2.26. The lowest BCUT2D eigenvalue weighted by atomic mass is 10.4. The van der Waals surface area contributed by atoms with Crippen LogP contribution in [-0.4, -0.2) is 28.0 Å². The van der Waals surface area contributed by atoms with E-state index in [1.807, 2.05) is 0 Å². The summed E-state index contributed by atoms with van der Waals surface area (Å²) in [6, 6.07) is 1.50. The van der Waals surface area contributed by atoms with Gasteiger partial charge in [0.25, 0.3) is 0 Å². The van der Waals surface area contributed by atoms with Gasteiger partial charge in [0, 0.05) is 6.54 Å². The first-order valence-electron chi connectivity index (χ1n) is 4.38. The van der Waals surface area contributed by atoms with Crippen molar-refractivity contribution in [1.82, 2.24) is 4.72 Å². The molecule has 17 heavy (non-hydrogen) atoms. The van der Waals surface area contributed by atoms with E-state index in [9.17, 15) is 13.2 Å². The average Bonchev–Trinajstić information content (AvgIpc) is 2.58. The summed E-state index contributed by atoms with van der Waals surface area (Å²) in [5.41, 5.74) is 0. The number of sulfonamides is 1. The van der Waals surface area contributed by atoms with Crippen LogP contribution in [0.15, 0.2) is 18.5 Å². The Morgan fingerprint density at radius 1 is 1.53 bits per heavy atom. The van der Waals surface area contributed by atoms with Crippen molar-refractivity contribution in [3.63, 3.8) is 0 Å². The molecule has 0 aliphatic heterocycles. The SMILES string of the molecule is COC(=O)CCNS(=O)(=O)c1cc(Br)sc1Br. The standard InChI is InChI=1S/C8H9Br2NO4S2/c1-15-7(12)2-3-11-17(13,14)5-4-6(9)16-8(5)10/h4,11H,2-3H2,1H3. The summed E-state index contributed by atoms with van der Waals surface area (Å²) in [5.74, 6) is -0.460. The van der Waals surface area contributed by atoms with Gasteiger partial charge < -0.3 is 4.74 Å². The number of rotatable bonds is 5. The van der Waals surface area contributed by atoms with Crippen LogP contribution in [0.1, 0.15) is 6.42 Å². The maximum absolute atomic E-state index is 11.8. The van der Waals surface area contributed by atoms with Gasteiger partial charge in [-0.3, -0.25) is 4.79 Å². The summed E-state index contributed by atoms with van der Waals surface area (Å²) >= 11 is 7.63. The van der Waals surface area contributed by atoms with Crippen LogP contribution >= 0.6 is 43.2 Å². The molecule has 0 fully saturated rings. The molecule has 9 heteroatoms. The van der Waals surface area contributed by atoms with Crippen molar-refractivity contribution in [2.45, 2.75) is 11.3 Å². The molecule has 1 heterocycles. The molecule has 1 rings (SSSR count). The topological polar surface area (TPSA) is 72.5 Å². The van der Waals surface area contributed by atoms with Crippen molar-refractivity contribution in [2.75, 3.05) is 13.7 Å². The van der Waals surface area contributed by atoms with Crippen LogP contribution in [0, 0.1) is 0 Å². The van der Waals surface area contributed by atoms with Crippen molar-refractivity contribution in [3.8, 4) is 0 Å². The third-order valence-corrected chi connectivity index (χ3v) is 5.98. The summed E-state index contributed by atoms with van der Waals surface area (Å²) in [7, 11) is -2.34. The largest absolute Gasteiger partial charge is 0.469 e. The third kappa shape index (κ3) is 4.32. The first kappa shape index (κ1) is 15.1. The van der Waals surface area contributed by atoms with Gasteiger partial charge in [-0.2, -0.15) is 0 Å². The van der Waals surface area contributed by atoms with Crippen LogP contribution < -0.4 is 4.72 Å². The lowest BCUT2D eigenvalue weighted by molar-refractivity contribution is -0.140. The summed E-state index contributed by atoms with van der Waals surface area (Å²) in [5, 5.41) is 0. The van der Waals surface area contributed by atoms with Crippen molar-refractivity contribution >= 4 is 59.2 Å². The highest BCUT2D eigenvalue weighted by Gasteiger charge is 2.20. The fourth-order valence-electron chi connectivity index (χ4n) is 0.976. The second-order valence-corrected chi connectivity index (χ2v) is 8.40. The third-order valence-electron chi connectivity index (χ3n) is 1.76. The second kappa shape index (κ2) is 6.28. The van der Waals surface area contributed by atoms with E-state index in [1.165, 1.54) is 24.5 Å². The lowest BCUT2D eigenvalue weighted by Gasteiger charge is -2.04. The Labute approximate surface area is 120 Å². The quantitative estimate of drug-likeness (QED) is 0.760. The summed E-state index contributed by atoms with van der Waals surface area (Å²) in [6.45, 7) is 0.00884. The Bertz CT molecular complexity index is 512. The molecule has 0 amide bonds. The fraction of sp³-hybridized carbons (Fsp3) is 0.375. The van der Waals surface area contributed by atoms with Crippen LogP contribution in [0.25, 0.3) is 0 Å². The van der Waals surface area contributed by atoms with Gasteiger partial charge in [0.2, 0.25) is 10.0 Å². The maximum atomic E-state index is 11.8. The molecule has 0 bridgehead atoms. The molecule has 1 N–H and O–H groups in total. The molecule has 0 saturated heterocycles. The Kier molecular flexibility index (Phi) is 5.58. The number of carbonyl (C=O) groups excluding carboxylic acids is 1. The Balaban J connectivity index is 2.70. The molecule has 1 aromatic heterocycles. The van der Waals surface area contributed by atoms with Crippen LogP contribution in [-0.2, 0) is 19.6 Å². The molecule has 0 unspecified atom stereocenters. The van der Waals surface area contributed by atoms with Gasteiger partial charge in [0.1, 0.15) is 4.90 Å². The molecule has 0 atom stereocenters. The first-order valence-corrected chi connectivity index (χ1v) is 8.26. The van der Waals surface area contributed by atoms with E-state index in [2.05, 4.69) is 41.3 Å². The zero-order valence-electron chi connectivity index (χ0n) is 8.70. The van der Waals surface area contributed by atoms with E-state index in [-0.39, 0.29) is 17.9 Å². The molecular weight excluding hydrogens is 398 g/mol. The minimum atomic E-state index is -3.60. The minimum absolute atomic E-state index is 0.00133. The smallest absolute Gasteiger partial charge is 0.306 e. The van der Waals surface area contributed by atoms with Crippen LogP contribution in [0.5, 0.6) is 0 Å². The van der Waals surface area contributed by atoms with E-state index in [0.717, 1.165) is 0 Å². The number of halogens is 2. The zero-order chi connectivity index (χ0) is 13.1. The molecule has 0 aromatic carbocycles. The molecule has 0 radical (unpaired) electrons. The monoisotopic (exact) mass is 405 g/mol. The highest BCUT2D eigenvalue weighted by molar-refractivity contribution is 9.12. The predicted octanol–water partition coefficient (Wildman–Crippen LogP) is 2.11. The normalized spacial score (nSPS) is 11.5. The highest BCUT2D eigenvalue weighted by atomic mass is 79.9. The Morgan fingerprint density at radius 2 is 2.18 bits per heavy atom. The van der Waals surface area contributed by atoms with Crippen molar-refractivity contribution in [2.24, 2.45) is 0 Å².